The van der Waals surface area contributed by atoms with Crippen LogP contribution in [-0.4, -0.2) is 16.1 Å². The first-order valence-corrected chi connectivity index (χ1v) is 4.80. The maximum Gasteiger partial charge on any atom is 0.270 e. The molecule has 1 rings (SSSR count). The summed E-state index contributed by atoms with van der Waals surface area (Å²) in [5, 5.41) is 9.88. The number of aryl methyl sites for hydroxylation is 1. The van der Waals surface area contributed by atoms with E-state index in [-0.39, 0.29) is 17.0 Å². The van der Waals surface area contributed by atoms with Gasteiger partial charge in [0.25, 0.3) is 5.69 Å². The van der Waals surface area contributed by atoms with Crippen molar-refractivity contribution < 1.29 is 9.72 Å². The van der Waals surface area contributed by atoms with Gasteiger partial charge in [0.2, 0.25) is 0 Å². The van der Waals surface area contributed by atoms with Gasteiger partial charge in [0, 0.05) is 17.7 Å². The molecule has 0 aliphatic rings. The largest absolute Gasteiger partial charge is 0.293 e. The van der Waals surface area contributed by atoms with Crippen molar-refractivity contribution in [2.75, 3.05) is 0 Å². The lowest BCUT2D eigenvalue weighted by atomic mass is 10.1. The molecular formula is C10H10ClNO3. The van der Waals surface area contributed by atoms with Gasteiger partial charge in [-0.3, -0.25) is 14.9 Å². The van der Waals surface area contributed by atoms with E-state index < -0.39 is 10.3 Å². The number of nitro groups is 1. The van der Waals surface area contributed by atoms with Gasteiger partial charge in [-0.25, -0.2) is 0 Å². The van der Waals surface area contributed by atoms with Crippen LogP contribution in [0, 0.1) is 17.0 Å². The van der Waals surface area contributed by atoms with Crippen molar-refractivity contribution in [3.8, 4) is 0 Å². The summed E-state index contributed by atoms with van der Waals surface area (Å²) in [6.45, 7) is 3.24. The van der Waals surface area contributed by atoms with E-state index in [1.54, 1.807) is 13.0 Å². The lowest BCUT2D eigenvalue weighted by Crippen LogP contribution is -2.11. The summed E-state index contributed by atoms with van der Waals surface area (Å²) < 4.78 is 0. The second-order valence-corrected chi connectivity index (χ2v) is 3.95. The zero-order chi connectivity index (χ0) is 11.6. The van der Waals surface area contributed by atoms with E-state index >= 15 is 0 Å². The van der Waals surface area contributed by atoms with E-state index in [1.807, 2.05) is 0 Å². The summed E-state index contributed by atoms with van der Waals surface area (Å²) in [6, 6.07) is 4.25. The summed E-state index contributed by atoms with van der Waals surface area (Å²) in [4.78, 5) is 21.6. The molecule has 0 aromatic heterocycles. The Morgan fingerprint density at radius 3 is 2.53 bits per heavy atom. The quantitative estimate of drug-likeness (QED) is 0.345. The summed E-state index contributed by atoms with van der Waals surface area (Å²) in [5.41, 5.74) is 0.865. The Morgan fingerprint density at radius 2 is 2.07 bits per heavy atom. The first-order valence-electron chi connectivity index (χ1n) is 4.36. The van der Waals surface area contributed by atoms with Crippen LogP contribution < -0.4 is 0 Å². The maximum atomic E-state index is 11.5. The molecule has 0 saturated heterocycles. The van der Waals surface area contributed by atoms with Crippen molar-refractivity contribution in [3.05, 3.63) is 39.4 Å². The van der Waals surface area contributed by atoms with E-state index in [9.17, 15) is 14.9 Å². The van der Waals surface area contributed by atoms with Crippen LogP contribution in [0.2, 0.25) is 0 Å². The topological polar surface area (TPSA) is 60.2 Å². The number of Topliss-reactive ketones (excluding diaryl/α,β-unsaturated/α-hetero) is 1. The van der Waals surface area contributed by atoms with Gasteiger partial charge in [-0.2, -0.15) is 0 Å². The second-order valence-electron chi connectivity index (χ2n) is 3.29. The van der Waals surface area contributed by atoms with Crippen molar-refractivity contribution in [1.82, 2.24) is 0 Å². The van der Waals surface area contributed by atoms with Crippen LogP contribution in [0.15, 0.2) is 18.2 Å². The normalized spacial score (nSPS) is 12.2. The zero-order valence-electron chi connectivity index (χ0n) is 8.36. The molecule has 0 aliphatic carbocycles. The van der Waals surface area contributed by atoms with Gasteiger partial charge in [0.05, 0.1) is 10.3 Å². The number of nitrogens with zero attached hydrogens (tertiary/aromatic N) is 1. The molecule has 0 fully saturated rings. The number of halogens is 1. The number of benzene rings is 1. The third-order valence-electron chi connectivity index (χ3n) is 1.92. The molecule has 0 heterocycles. The molecule has 15 heavy (non-hydrogen) atoms. The van der Waals surface area contributed by atoms with E-state index in [0.717, 1.165) is 0 Å². The monoisotopic (exact) mass is 227 g/mol. The fourth-order valence-corrected chi connectivity index (χ4v) is 1.37. The molecule has 0 aliphatic heterocycles. The summed E-state index contributed by atoms with van der Waals surface area (Å²) >= 11 is 5.63. The fourth-order valence-electron chi connectivity index (χ4n) is 1.24. The minimum absolute atomic E-state index is 0.0873. The molecule has 1 atom stereocenters. The number of hydrogen-bond donors (Lipinski definition) is 0. The molecule has 0 spiro atoms. The molecule has 0 bridgehead atoms. The lowest BCUT2D eigenvalue weighted by molar-refractivity contribution is -0.384. The molecule has 1 unspecified atom stereocenters. The molecular weight excluding hydrogens is 218 g/mol. The minimum Gasteiger partial charge on any atom is -0.293 e. The number of carbonyl (C=O) groups excluding carboxylic acids is 1. The van der Waals surface area contributed by atoms with Gasteiger partial charge in [0.15, 0.2) is 5.78 Å². The molecule has 0 N–H and O–H groups in total. The Balaban J connectivity index is 3.20. The Labute approximate surface area is 92.0 Å². The van der Waals surface area contributed by atoms with Gasteiger partial charge in [-0.1, -0.05) is 0 Å². The van der Waals surface area contributed by atoms with Crippen LogP contribution >= 0.6 is 11.6 Å². The van der Waals surface area contributed by atoms with Gasteiger partial charge >= 0.3 is 0 Å². The fraction of sp³-hybridized carbons (Fsp3) is 0.300. The number of hydrogen-bond acceptors (Lipinski definition) is 3. The zero-order valence-corrected chi connectivity index (χ0v) is 9.12. The molecule has 5 heteroatoms. The number of carbonyl (C=O) groups is 1. The number of ketones is 1. The molecule has 1 aromatic rings. The van der Waals surface area contributed by atoms with Gasteiger partial charge in [0.1, 0.15) is 0 Å². The average molecular weight is 228 g/mol. The molecule has 4 nitrogen and oxygen atoms in total. The Kier molecular flexibility index (Phi) is 3.42. The van der Waals surface area contributed by atoms with Gasteiger partial charge in [-0.05, 0) is 25.5 Å². The SMILES string of the molecule is Cc1cc(C(=O)C(C)Cl)cc([N+](=O)[O-])c1. The molecule has 0 saturated carbocycles. The summed E-state index contributed by atoms with van der Waals surface area (Å²) in [5.74, 6) is -0.302. The second kappa shape index (κ2) is 4.40. The van der Waals surface area contributed by atoms with Crippen molar-refractivity contribution in [1.29, 1.82) is 0 Å². The number of rotatable bonds is 3. The van der Waals surface area contributed by atoms with Crippen LogP contribution in [-0.2, 0) is 0 Å². The molecule has 80 valence electrons. The van der Waals surface area contributed by atoms with Crippen LogP contribution in [0.5, 0.6) is 0 Å². The first kappa shape index (κ1) is 11.7. The Hall–Kier alpha value is -1.42. The third kappa shape index (κ3) is 2.76. The molecule has 1 aromatic carbocycles. The predicted molar refractivity (Wildman–Crippen MR) is 57.5 cm³/mol. The lowest BCUT2D eigenvalue weighted by Gasteiger charge is -2.03. The van der Waals surface area contributed by atoms with Crippen LogP contribution in [0.4, 0.5) is 5.69 Å². The summed E-state index contributed by atoms with van der Waals surface area (Å²) in [6.07, 6.45) is 0. The van der Waals surface area contributed by atoms with Crippen LogP contribution in [0.25, 0.3) is 0 Å². The highest BCUT2D eigenvalue weighted by Crippen LogP contribution is 2.18. The highest BCUT2D eigenvalue weighted by Gasteiger charge is 2.16. The first-order chi connectivity index (χ1) is 6.91. The highest BCUT2D eigenvalue weighted by atomic mass is 35.5. The third-order valence-corrected chi connectivity index (χ3v) is 2.12. The van der Waals surface area contributed by atoms with Crippen molar-refractivity contribution in [2.24, 2.45) is 0 Å². The average Bonchev–Trinajstić information content (AvgIpc) is 2.15. The number of alkyl halides is 1. The number of nitro benzene ring substituents is 1. The van der Waals surface area contributed by atoms with E-state index in [4.69, 9.17) is 11.6 Å². The van der Waals surface area contributed by atoms with Crippen molar-refractivity contribution in [3.63, 3.8) is 0 Å². The smallest absolute Gasteiger partial charge is 0.270 e. The molecule has 0 radical (unpaired) electrons. The Morgan fingerprint density at radius 1 is 1.47 bits per heavy atom. The number of non-ortho nitro benzene ring substituents is 1. The van der Waals surface area contributed by atoms with Crippen molar-refractivity contribution in [2.45, 2.75) is 19.2 Å². The van der Waals surface area contributed by atoms with Crippen LogP contribution in [0.3, 0.4) is 0 Å². The van der Waals surface area contributed by atoms with E-state index in [1.165, 1.54) is 19.1 Å². The van der Waals surface area contributed by atoms with Gasteiger partial charge in [-0.15, -0.1) is 11.6 Å². The minimum atomic E-state index is -0.675. The van der Waals surface area contributed by atoms with E-state index in [0.29, 0.717) is 5.56 Å². The van der Waals surface area contributed by atoms with Crippen molar-refractivity contribution >= 4 is 23.1 Å². The molecule has 0 amide bonds. The predicted octanol–water partition coefficient (Wildman–Crippen LogP) is 2.71. The maximum absolute atomic E-state index is 11.5. The van der Waals surface area contributed by atoms with Gasteiger partial charge < -0.3 is 0 Å². The Bertz CT molecular complexity index is 415. The highest BCUT2D eigenvalue weighted by molar-refractivity contribution is 6.33. The summed E-state index contributed by atoms with van der Waals surface area (Å²) in [7, 11) is 0. The van der Waals surface area contributed by atoms with Crippen LogP contribution in [0.1, 0.15) is 22.8 Å². The standard InChI is InChI=1S/C10H10ClNO3/c1-6-3-8(10(13)7(2)11)5-9(4-6)12(14)15/h3-5,7H,1-2H3. The van der Waals surface area contributed by atoms with E-state index in [2.05, 4.69) is 0 Å².